The van der Waals surface area contributed by atoms with Gasteiger partial charge in [0.1, 0.15) is 0 Å². The van der Waals surface area contributed by atoms with E-state index in [1.165, 1.54) is 22.3 Å². The van der Waals surface area contributed by atoms with Crippen molar-refractivity contribution >= 4 is 11.5 Å². The number of hydrogen-bond acceptors (Lipinski definition) is 1. The predicted molar refractivity (Wildman–Crippen MR) is 84.9 cm³/mol. The SMILES string of the molecule is C=C(C(=O)N1CC1C)c1cccc2c1Cc1ccccc1-2. The zero-order valence-corrected chi connectivity index (χ0v) is 12.1. The summed E-state index contributed by atoms with van der Waals surface area (Å²) in [5.41, 5.74) is 6.74. The smallest absolute Gasteiger partial charge is 0.254 e. The van der Waals surface area contributed by atoms with E-state index in [0.717, 1.165) is 18.5 Å². The molecule has 0 saturated carbocycles. The van der Waals surface area contributed by atoms with E-state index in [9.17, 15) is 4.79 Å². The first-order valence-electron chi connectivity index (χ1n) is 7.37. The van der Waals surface area contributed by atoms with Crippen LogP contribution in [0.2, 0.25) is 0 Å². The molecule has 0 radical (unpaired) electrons. The third kappa shape index (κ3) is 1.83. The second kappa shape index (κ2) is 4.32. The lowest BCUT2D eigenvalue weighted by molar-refractivity contribution is -0.120. The number of nitrogens with zero attached hydrogens (tertiary/aromatic N) is 1. The molecule has 4 rings (SSSR count). The van der Waals surface area contributed by atoms with E-state index in [1.807, 2.05) is 17.0 Å². The van der Waals surface area contributed by atoms with E-state index < -0.39 is 0 Å². The molecular formula is C19H17NO. The molecule has 2 aliphatic rings. The molecule has 0 bridgehead atoms. The minimum absolute atomic E-state index is 0.0758. The van der Waals surface area contributed by atoms with Gasteiger partial charge < -0.3 is 4.90 Å². The molecule has 2 aromatic carbocycles. The second-order valence-corrected chi connectivity index (χ2v) is 5.95. The summed E-state index contributed by atoms with van der Waals surface area (Å²) in [5.74, 6) is 0.0758. The number of amides is 1. The molecule has 21 heavy (non-hydrogen) atoms. The average molecular weight is 275 g/mol. The van der Waals surface area contributed by atoms with Crippen molar-refractivity contribution in [3.63, 3.8) is 0 Å². The van der Waals surface area contributed by atoms with Gasteiger partial charge in [0.25, 0.3) is 5.91 Å². The zero-order valence-electron chi connectivity index (χ0n) is 12.1. The van der Waals surface area contributed by atoms with Crippen molar-refractivity contribution in [2.45, 2.75) is 19.4 Å². The minimum atomic E-state index is 0.0758. The largest absolute Gasteiger partial charge is 0.332 e. The van der Waals surface area contributed by atoms with E-state index in [-0.39, 0.29) is 5.91 Å². The molecule has 0 spiro atoms. The highest BCUT2D eigenvalue weighted by molar-refractivity contribution is 6.20. The van der Waals surface area contributed by atoms with E-state index in [2.05, 4.69) is 43.8 Å². The van der Waals surface area contributed by atoms with Crippen LogP contribution in [0.15, 0.2) is 49.0 Å². The second-order valence-electron chi connectivity index (χ2n) is 5.95. The molecule has 1 fully saturated rings. The molecule has 1 aliphatic heterocycles. The van der Waals surface area contributed by atoms with Crippen molar-refractivity contribution < 1.29 is 4.79 Å². The Morgan fingerprint density at radius 2 is 1.86 bits per heavy atom. The molecule has 2 aromatic rings. The number of benzene rings is 2. The summed E-state index contributed by atoms with van der Waals surface area (Å²) in [5, 5.41) is 0. The highest BCUT2D eigenvalue weighted by Gasteiger charge is 2.36. The summed E-state index contributed by atoms with van der Waals surface area (Å²) in [7, 11) is 0. The lowest BCUT2D eigenvalue weighted by Crippen LogP contribution is -2.14. The normalized spacial score (nSPS) is 18.1. The van der Waals surface area contributed by atoms with Crippen LogP contribution in [0.4, 0.5) is 0 Å². The highest BCUT2D eigenvalue weighted by Crippen LogP contribution is 2.40. The molecule has 104 valence electrons. The van der Waals surface area contributed by atoms with Crippen molar-refractivity contribution in [3.8, 4) is 11.1 Å². The number of rotatable bonds is 2. The van der Waals surface area contributed by atoms with Crippen molar-refractivity contribution in [1.29, 1.82) is 0 Å². The Labute approximate surface area is 124 Å². The van der Waals surface area contributed by atoms with E-state index in [0.29, 0.717) is 11.6 Å². The molecule has 2 heteroatoms. The topological polar surface area (TPSA) is 20.1 Å². The lowest BCUT2D eigenvalue weighted by Gasteiger charge is -2.11. The van der Waals surface area contributed by atoms with Gasteiger partial charge in [-0.05, 0) is 41.2 Å². The van der Waals surface area contributed by atoms with Gasteiger partial charge in [0.15, 0.2) is 0 Å². The number of fused-ring (bicyclic) bond motifs is 3. The Kier molecular flexibility index (Phi) is 2.55. The fourth-order valence-corrected chi connectivity index (χ4v) is 3.25. The van der Waals surface area contributed by atoms with Crippen molar-refractivity contribution in [2.75, 3.05) is 6.54 Å². The number of hydrogen-bond donors (Lipinski definition) is 0. The van der Waals surface area contributed by atoms with Crippen LogP contribution < -0.4 is 0 Å². The van der Waals surface area contributed by atoms with Gasteiger partial charge in [-0.15, -0.1) is 0 Å². The molecule has 0 N–H and O–H groups in total. The Bertz CT molecular complexity index is 775. The highest BCUT2D eigenvalue weighted by atomic mass is 16.2. The Morgan fingerprint density at radius 3 is 2.62 bits per heavy atom. The summed E-state index contributed by atoms with van der Waals surface area (Å²) >= 11 is 0. The van der Waals surface area contributed by atoms with Crippen LogP contribution in [-0.2, 0) is 11.2 Å². The van der Waals surface area contributed by atoms with Gasteiger partial charge in [-0.1, -0.05) is 49.0 Å². The Morgan fingerprint density at radius 1 is 1.14 bits per heavy atom. The first-order chi connectivity index (χ1) is 10.2. The van der Waals surface area contributed by atoms with E-state index in [1.54, 1.807) is 0 Å². The van der Waals surface area contributed by atoms with E-state index >= 15 is 0 Å². The molecular weight excluding hydrogens is 258 g/mol. The maximum Gasteiger partial charge on any atom is 0.254 e. The quantitative estimate of drug-likeness (QED) is 0.517. The molecule has 0 aromatic heterocycles. The molecule has 1 aliphatic carbocycles. The van der Waals surface area contributed by atoms with Crippen molar-refractivity contribution in [1.82, 2.24) is 4.90 Å². The maximum absolute atomic E-state index is 12.4. The third-order valence-electron chi connectivity index (χ3n) is 4.55. The molecule has 1 heterocycles. The molecule has 2 nitrogen and oxygen atoms in total. The van der Waals surface area contributed by atoms with Crippen LogP contribution in [-0.4, -0.2) is 23.4 Å². The van der Waals surface area contributed by atoms with Crippen molar-refractivity contribution in [3.05, 3.63) is 65.7 Å². The average Bonchev–Trinajstić information content (AvgIpc) is 3.11. The van der Waals surface area contributed by atoms with Crippen LogP contribution in [0, 0.1) is 0 Å². The summed E-state index contributed by atoms with van der Waals surface area (Å²) in [6.07, 6.45) is 0.892. The Balaban J connectivity index is 1.76. The number of carbonyl (C=O) groups excluding carboxylic acids is 1. The van der Waals surface area contributed by atoms with Gasteiger partial charge in [-0.3, -0.25) is 4.79 Å². The summed E-state index contributed by atoms with van der Waals surface area (Å²) in [4.78, 5) is 14.3. The molecule has 1 atom stereocenters. The fourth-order valence-electron chi connectivity index (χ4n) is 3.25. The summed E-state index contributed by atoms with van der Waals surface area (Å²) in [6.45, 7) is 6.99. The molecule has 1 unspecified atom stereocenters. The van der Waals surface area contributed by atoms with Crippen LogP contribution in [0.25, 0.3) is 16.7 Å². The van der Waals surface area contributed by atoms with Crippen molar-refractivity contribution in [2.24, 2.45) is 0 Å². The van der Waals surface area contributed by atoms with Gasteiger partial charge in [-0.2, -0.15) is 0 Å². The van der Waals surface area contributed by atoms with Gasteiger partial charge in [-0.25, -0.2) is 0 Å². The predicted octanol–water partition coefficient (Wildman–Crippen LogP) is 3.50. The van der Waals surface area contributed by atoms with Gasteiger partial charge in [0, 0.05) is 18.2 Å². The third-order valence-corrected chi connectivity index (χ3v) is 4.55. The number of carbonyl (C=O) groups is 1. The standard InChI is InChI=1S/C19H17NO/c1-12-11-20(12)19(21)13(2)15-8-5-9-17-16-7-4-3-6-14(16)10-18(15)17/h3-9,12H,2,10-11H2,1H3. The van der Waals surface area contributed by atoms with Gasteiger partial charge in [0.05, 0.1) is 0 Å². The molecule has 1 saturated heterocycles. The van der Waals surface area contributed by atoms with Crippen LogP contribution in [0.5, 0.6) is 0 Å². The van der Waals surface area contributed by atoms with Crippen LogP contribution in [0.3, 0.4) is 0 Å². The van der Waals surface area contributed by atoms with Gasteiger partial charge in [0.2, 0.25) is 0 Å². The lowest BCUT2D eigenvalue weighted by atomic mass is 9.96. The maximum atomic E-state index is 12.4. The Hall–Kier alpha value is -2.35. The fraction of sp³-hybridized carbons (Fsp3) is 0.211. The summed E-state index contributed by atoms with van der Waals surface area (Å²) < 4.78 is 0. The van der Waals surface area contributed by atoms with E-state index in [4.69, 9.17) is 0 Å². The first kappa shape index (κ1) is 12.4. The molecule has 1 amide bonds. The first-order valence-corrected chi connectivity index (χ1v) is 7.37. The summed E-state index contributed by atoms with van der Waals surface area (Å²) in [6, 6.07) is 15.0. The monoisotopic (exact) mass is 275 g/mol. The van der Waals surface area contributed by atoms with Crippen LogP contribution >= 0.6 is 0 Å². The minimum Gasteiger partial charge on any atom is -0.332 e. The van der Waals surface area contributed by atoms with Crippen LogP contribution in [0.1, 0.15) is 23.6 Å². The van der Waals surface area contributed by atoms with Gasteiger partial charge >= 0.3 is 0 Å². The zero-order chi connectivity index (χ0) is 14.6.